The minimum absolute atomic E-state index is 0.216. The molecule has 7 heteroatoms. The topological polar surface area (TPSA) is 78.5 Å². The predicted octanol–water partition coefficient (Wildman–Crippen LogP) is 3.53. The van der Waals surface area contributed by atoms with Gasteiger partial charge < -0.3 is 19.5 Å². The van der Waals surface area contributed by atoms with E-state index in [0.717, 1.165) is 42.8 Å². The molecule has 7 nitrogen and oxygen atoms in total. The number of nitrogens with one attached hydrogen (secondary N) is 1. The van der Waals surface area contributed by atoms with Gasteiger partial charge in [0, 0.05) is 32.6 Å². The van der Waals surface area contributed by atoms with E-state index in [4.69, 9.17) is 4.74 Å². The first-order valence-electron chi connectivity index (χ1n) is 10.5. The number of carbonyl (C=O) groups excluding carboxylic acids is 2. The summed E-state index contributed by atoms with van der Waals surface area (Å²) in [4.78, 5) is 36.5. The molecular formula is C22H30N4O3. The van der Waals surface area contributed by atoms with E-state index in [1.807, 2.05) is 49.9 Å². The number of aromatic amines is 1. The summed E-state index contributed by atoms with van der Waals surface area (Å²) in [5.74, 6) is 1.82. The van der Waals surface area contributed by atoms with Gasteiger partial charge in [0.2, 0.25) is 5.91 Å². The van der Waals surface area contributed by atoms with Crippen molar-refractivity contribution in [3.63, 3.8) is 0 Å². The number of rotatable bonds is 3. The van der Waals surface area contributed by atoms with Crippen LogP contribution < -0.4 is 0 Å². The van der Waals surface area contributed by atoms with Crippen LogP contribution in [0.2, 0.25) is 0 Å². The van der Waals surface area contributed by atoms with Crippen LogP contribution in [0.15, 0.2) is 24.3 Å². The molecule has 1 aromatic carbocycles. The maximum atomic E-state index is 12.6. The number of hydrogen-bond acceptors (Lipinski definition) is 4. The molecule has 2 amide bonds. The minimum Gasteiger partial charge on any atom is -0.444 e. The molecule has 0 saturated carbocycles. The number of nitrogens with zero attached hydrogens (tertiary/aromatic N) is 3. The molecule has 156 valence electrons. The molecule has 2 aliphatic heterocycles. The van der Waals surface area contributed by atoms with Crippen LogP contribution >= 0.6 is 0 Å². The molecule has 0 spiro atoms. The molecule has 0 aliphatic carbocycles. The Morgan fingerprint density at radius 3 is 2.48 bits per heavy atom. The molecule has 1 aromatic heterocycles. The second-order valence-corrected chi connectivity index (χ2v) is 9.25. The number of carbonyl (C=O) groups is 2. The number of imidazole rings is 1. The van der Waals surface area contributed by atoms with Crippen LogP contribution in [-0.4, -0.2) is 63.5 Å². The zero-order chi connectivity index (χ0) is 20.6. The first-order valence-corrected chi connectivity index (χ1v) is 10.5. The van der Waals surface area contributed by atoms with Crippen LogP contribution in [0.1, 0.15) is 51.8 Å². The smallest absolute Gasteiger partial charge is 0.410 e. The Labute approximate surface area is 171 Å². The van der Waals surface area contributed by atoms with Gasteiger partial charge in [-0.25, -0.2) is 9.78 Å². The highest BCUT2D eigenvalue weighted by atomic mass is 16.6. The molecule has 0 unspecified atom stereocenters. The fourth-order valence-electron chi connectivity index (χ4n) is 4.04. The SMILES string of the molecule is CC(C)(C)OC(=O)N1CCC(CC(=O)N2CC(c3nc4ccccc4[nH]3)C2)CC1. The van der Waals surface area contributed by atoms with Gasteiger partial charge in [0.15, 0.2) is 0 Å². The average molecular weight is 399 g/mol. The van der Waals surface area contributed by atoms with Crippen LogP contribution in [0.5, 0.6) is 0 Å². The Kier molecular flexibility index (Phi) is 5.23. The van der Waals surface area contributed by atoms with Crippen molar-refractivity contribution in [2.24, 2.45) is 5.92 Å². The van der Waals surface area contributed by atoms with E-state index in [-0.39, 0.29) is 12.0 Å². The first kappa shape index (κ1) is 19.7. The average Bonchev–Trinajstić information content (AvgIpc) is 3.03. The lowest BCUT2D eigenvalue weighted by Gasteiger charge is -2.39. The summed E-state index contributed by atoms with van der Waals surface area (Å²) in [7, 11) is 0. The summed E-state index contributed by atoms with van der Waals surface area (Å²) < 4.78 is 5.44. The Balaban J connectivity index is 1.22. The normalized spacial score (nSPS) is 18.7. The molecule has 2 saturated heterocycles. The van der Waals surface area contributed by atoms with Crippen LogP contribution in [0, 0.1) is 5.92 Å². The molecule has 0 atom stereocenters. The number of hydrogen-bond donors (Lipinski definition) is 1. The Morgan fingerprint density at radius 1 is 1.14 bits per heavy atom. The molecule has 4 rings (SSSR count). The van der Waals surface area contributed by atoms with Crippen molar-refractivity contribution < 1.29 is 14.3 Å². The number of benzene rings is 1. The van der Waals surface area contributed by atoms with Crippen LogP contribution in [0.25, 0.3) is 11.0 Å². The van der Waals surface area contributed by atoms with Gasteiger partial charge in [-0.1, -0.05) is 12.1 Å². The Morgan fingerprint density at radius 2 is 1.83 bits per heavy atom. The van der Waals surface area contributed by atoms with Crippen molar-refractivity contribution in [1.82, 2.24) is 19.8 Å². The summed E-state index contributed by atoms with van der Waals surface area (Å²) in [6.07, 6.45) is 2.02. The number of H-pyrrole nitrogens is 1. The molecule has 0 bridgehead atoms. The number of aromatic nitrogens is 2. The van der Waals surface area contributed by atoms with E-state index in [1.54, 1.807) is 4.90 Å². The van der Waals surface area contributed by atoms with Gasteiger partial charge in [-0.15, -0.1) is 0 Å². The zero-order valence-corrected chi connectivity index (χ0v) is 17.5. The summed E-state index contributed by atoms with van der Waals surface area (Å²) in [5, 5.41) is 0. The highest BCUT2D eigenvalue weighted by molar-refractivity contribution is 5.78. The lowest BCUT2D eigenvalue weighted by atomic mass is 9.91. The maximum Gasteiger partial charge on any atom is 0.410 e. The zero-order valence-electron chi connectivity index (χ0n) is 17.5. The third-order valence-corrected chi connectivity index (χ3v) is 5.76. The van der Waals surface area contributed by atoms with Crippen molar-refractivity contribution in [3.05, 3.63) is 30.1 Å². The lowest BCUT2D eigenvalue weighted by molar-refractivity contribution is -0.137. The number of para-hydroxylation sites is 2. The van der Waals surface area contributed by atoms with Gasteiger partial charge in [-0.3, -0.25) is 4.79 Å². The van der Waals surface area contributed by atoms with Crippen LogP contribution in [0.4, 0.5) is 4.79 Å². The summed E-state index contributed by atoms with van der Waals surface area (Å²) in [6.45, 7) is 8.42. The number of fused-ring (bicyclic) bond motifs is 1. The molecule has 3 heterocycles. The summed E-state index contributed by atoms with van der Waals surface area (Å²) in [6, 6.07) is 8.00. The maximum absolute atomic E-state index is 12.6. The monoisotopic (exact) mass is 398 g/mol. The number of ether oxygens (including phenoxy) is 1. The Hall–Kier alpha value is -2.57. The highest BCUT2D eigenvalue weighted by Gasteiger charge is 2.35. The van der Waals surface area contributed by atoms with Gasteiger partial charge >= 0.3 is 6.09 Å². The number of likely N-dealkylation sites (tertiary alicyclic amines) is 2. The summed E-state index contributed by atoms with van der Waals surface area (Å²) >= 11 is 0. The van der Waals surface area contributed by atoms with Crippen molar-refractivity contribution in [2.75, 3.05) is 26.2 Å². The van der Waals surface area contributed by atoms with Crippen molar-refractivity contribution >= 4 is 23.0 Å². The van der Waals surface area contributed by atoms with E-state index in [2.05, 4.69) is 9.97 Å². The van der Waals surface area contributed by atoms with Crippen molar-refractivity contribution in [3.8, 4) is 0 Å². The first-order chi connectivity index (χ1) is 13.8. The number of piperidine rings is 1. The van der Waals surface area contributed by atoms with Crippen molar-refractivity contribution in [2.45, 2.75) is 51.6 Å². The van der Waals surface area contributed by atoms with E-state index in [1.165, 1.54) is 0 Å². The predicted molar refractivity (Wildman–Crippen MR) is 111 cm³/mol. The number of amides is 2. The summed E-state index contributed by atoms with van der Waals surface area (Å²) in [5.41, 5.74) is 1.55. The second-order valence-electron chi connectivity index (χ2n) is 9.25. The van der Waals surface area contributed by atoms with E-state index >= 15 is 0 Å². The van der Waals surface area contributed by atoms with Gasteiger partial charge in [0.1, 0.15) is 11.4 Å². The molecule has 2 aliphatic rings. The highest BCUT2D eigenvalue weighted by Crippen LogP contribution is 2.29. The lowest BCUT2D eigenvalue weighted by Crippen LogP contribution is -2.49. The quantitative estimate of drug-likeness (QED) is 0.858. The second kappa shape index (κ2) is 7.69. The molecule has 1 N–H and O–H groups in total. The van der Waals surface area contributed by atoms with Gasteiger partial charge in [-0.2, -0.15) is 0 Å². The minimum atomic E-state index is -0.474. The standard InChI is InChI=1S/C22H30N4O3/c1-22(2,3)29-21(28)25-10-8-15(9-11-25)12-19(27)26-13-16(14-26)20-23-17-6-4-5-7-18(17)24-20/h4-7,15-16H,8-14H2,1-3H3,(H,23,24). The third kappa shape index (κ3) is 4.54. The molecule has 2 fully saturated rings. The van der Waals surface area contributed by atoms with Crippen LogP contribution in [0.3, 0.4) is 0 Å². The fraction of sp³-hybridized carbons (Fsp3) is 0.591. The van der Waals surface area contributed by atoms with Crippen molar-refractivity contribution in [1.29, 1.82) is 0 Å². The third-order valence-electron chi connectivity index (χ3n) is 5.76. The van der Waals surface area contributed by atoms with E-state index in [0.29, 0.717) is 31.3 Å². The molecule has 2 aromatic rings. The van der Waals surface area contributed by atoms with Gasteiger partial charge in [0.25, 0.3) is 0 Å². The van der Waals surface area contributed by atoms with E-state index in [9.17, 15) is 9.59 Å². The van der Waals surface area contributed by atoms with Gasteiger partial charge in [0.05, 0.1) is 17.0 Å². The van der Waals surface area contributed by atoms with E-state index < -0.39 is 5.60 Å². The van der Waals surface area contributed by atoms with Gasteiger partial charge in [-0.05, 0) is 51.7 Å². The molecule has 29 heavy (non-hydrogen) atoms. The van der Waals surface area contributed by atoms with Crippen LogP contribution in [-0.2, 0) is 9.53 Å². The molecular weight excluding hydrogens is 368 g/mol. The Bertz CT molecular complexity index is 854. The fourth-order valence-corrected chi connectivity index (χ4v) is 4.04. The largest absolute Gasteiger partial charge is 0.444 e. The molecule has 0 radical (unpaired) electrons.